The molecule has 0 aliphatic rings. The van der Waals surface area contributed by atoms with Crippen LogP contribution in [-0.2, 0) is 13.1 Å². The fraction of sp³-hybridized carbons (Fsp3) is 0.174. The molecule has 0 fully saturated rings. The summed E-state index contributed by atoms with van der Waals surface area (Å²) in [5, 5.41) is 11.8. The molecule has 6 nitrogen and oxygen atoms in total. The highest BCUT2D eigenvalue weighted by Gasteiger charge is 2.15. The van der Waals surface area contributed by atoms with Gasteiger partial charge in [-0.25, -0.2) is 4.39 Å². The normalized spacial score (nSPS) is 11.0. The molecular weight excluding hydrogens is 497 g/mol. The quantitative estimate of drug-likeness (QED) is 0.363. The zero-order chi connectivity index (χ0) is 22.8. The van der Waals surface area contributed by atoms with E-state index < -0.39 is 0 Å². The maximum atomic E-state index is 13.9. The van der Waals surface area contributed by atoms with Gasteiger partial charge in [-0.3, -0.25) is 14.2 Å². The highest BCUT2D eigenvalue weighted by atomic mass is 79.9. The van der Waals surface area contributed by atoms with Gasteiger partial charge >= 0.3 is 0 Å². The van der Waals surface area contributed by atoms with E-state index in [4.69, 9.17) is 11.6 Å². The van der Waals surface area contributed by atoms with Crippen LogP contribution in [0.25, 0.3) is 0 Å². The first-order valence-electron chi connectivity index (χ1n) is 9.88. The van der Waals surface area contributed by atoms with Gasteiger partial charge in [0.15, 0.2) is 5.82 Å². The third-order valence-electron chi connectivity index (χ3n) is 5.05. The summed E-state index contributed by atoms with van der Waals surface area (Å²) in [6.07, 6.45) is 1.56. The first-order valence-corrected chi connectivity index (χ1v) is 11.0. The standard InChI is InChI=1S/C23H20BrClFN5O/c1-14-21(24)15(2)31(28-14)11-16-6-5-8-17(10-16)23(32)27-22-19(25)13-30(29-22)12-18-7-3-4-9-20(18)26/h3-10,13H,11-12H2,1-2H3,(H,27,29,32). The number of carbonyl (C=O) groups excluding carboxylic acids is 1. The van der Waals surface area contributed by atoms with Crippen LogP contribution in [0.2, 0.25) is 5.02 Å². The Bertz CT molecular complexity index is 1300. The molecule has 32 heavy (non-hydrogen) atoms. The maximum absolute atomic E-state index is 13.9. The molecule has 0 bridgehead atoms. The Morgan fingerprint density at radius 2 is 1.91 bits per heavy atom. The fourth-order valence-electron chi connectivity index (χ4n) is 3.36. The Balaban J connectivity index is 1.48. The second kappa shape index (κ2) is 9.26. The Kier molecular flexibility index (Phi) is 6.43. The third-order valence-corrected chi connectivity index (χ3v) is 6.48. The van der Waals surface area contributed by atoms with Crippen molar-refractivity contribution in [2.45, 2.75) is 26.9 Å². The Hall–Kier alpha value is -2.97. The lowest BCUT2D eigenvalue weighted by atomic mass is 10.1. The minimum Gasteiger partial charge on any atom is -0.304 e. The summed E-state index contributed by atoms with van der Waals surface area (Å²) >= 11 is 9.78. The Morgan fingerprint density at radius 1 is 1.12 bits per heavy atom. The van der Waals surface area contributed by atoms with Gasteiger partial charge in [0.25, 0.3) is 5.91 Å². The molecule has 1 amide bonds. The number of anilines is 1. The van der Waals surface area contributed by atoms with Gasteiger partial charge in [0.05, 0.1) is 29.0 Å². The molecule has 4 rings (SSSR count). The summed E-state index contributed by atoms with van der Waals surface area (Å²) in [5.41, 5.74) is 3.82. The van der Waals surface area contributed by atoms with Crippen LogP contribution >= 0.6 is 27.5 Å². The van der Waals surface area contributed by atoms with Crippen molar-refractivity contribution in [3.05, 3.63) is 98.1 Å². The van der Waals surface area contributed by atoms with Crippen LogP contribution < -0.4 is 5.32 Å². The van der Waals surface area contributed by atoms with E-state index in [-0.39, 0.29) is 29.1 Å². The number of aromatic nitrogens is 4. The molecule has 0 spiro atoms. The SMILES string of the molecule is Cc1nn(Cc2cccc(C(=O)Nc3nn(Cc4ccccc4F)cc3Cl)c2)c(C)c1Br. The molecule has 164 valence electrons. The molecule has 2 aromatic heterocycles. The number of nitrogens with one attached hydrogen (secondary N) is 1. The second-order valence-corrected chi connectivity index (χ2v) is 8.61. The minimum absolute atomic E-state index is 0.204. The van der Waals surface area contributed by atoms with Crippen molar-refractivity contribution in [1.82, 2.24) is 19.6 Å². The van der Waals surface area contributed by atoms with E-state index in [0.717, 1.165) is 21.4 Å². The predicted octanol–water partition coefficient (Wildman–Crippen LogP) is 5.60. The largest absolute Gasteiger partial charge is 0.304 e. The van der Waals surface area contributed by atoms with Crippen molar-refractivity contribution in [1.29, 1.82) is 0 Å². The topological polar surface area (TPSA) is 64.7 Å². The molecule has 0 radical (unpaired) electrons. The van der Waals surface area contributed by atoms with Crippen molar-refractivity contribution in [2.75, 3.05) is 5.32 Å². The molecule has 9 heteroatoms. The van der Waals surface area contributed by atoms with Gasteiger partial charge in [0.2, 0.25) is 0 Å². The number of aryl methyl sites for hydroxylation is 1. The van der Waals surface area contributed by atoms with E-state index in [0.29, 0.717) is 17.7 Å². The summed E-state index contributed by atoms with van der Waals surface area (Å²) in [5.74, 6) is -0.434. The lowest BCUT2D eigenvalue weighted by Crippen LogP contribution is -2.14. The van der Waals surface area contributed by atoms with Crippen LogP contribution in [-0.4, -0.2) is 25.5 Å². The van der Waals surface area contributed by atoms with Gasteiger partial charge in [0, 0.05) is 17.3 Å². The van der Waals surface area contributed by atoms with E-state index in [9.17, 15) is 9.18 Å². The van der Waals surface area contributed by atoms with Gasteiger partial charge in [-0.15, -0.1) is 0 Å². The van der Waals surface area contributed by atoms with Gasteiger partial charge < -0.3 is 5.32 Å². The minimum atomic E-state index is -0.334. The van der Waals surface area contributed by atoms with Gasteiger partial charge in [0.1, 0.15) is 10.8 Å². The number of nitrogens with zero attached hydrogens (tertiary/aromatic N) is 4. The first kappa shape index (κ1) is 22.2. The third kappa shape index (κ3) is 4.76. The monoisotopic (exact) mass is 515 g/mol. The fourth-order valence-corrected chi connectivity index (χ4v) is 3.84. The number of halogens is 3. The van der Waals surface area contributed by atoms with Gasteiger partial charge in [-0.1, -0.05) is 41.9 Å². The van der Waals surface area contributed by atoms with Gasteiger partial charge in [-0.2, -0.15) is 10.2 Å². The summed E-state index contributed by atoms with van der Waals surface area (Å²) in [6.45, 7) is 4.67. The van der Waals surface area contributed by atoms with E-state index in [2.05, 4.69) is 31.4 Å². The summed E-state index contributed by atoms with van der Waals surface area (Å²) < 4.78 is 18.3. The molecule has 2 heterocycles. The molecular formula is C23H20BrClFN5O. The maximum Gasteiger partial charge on any atom is 0.256 e. The van der Waals surface area contributed by atoms with Crippen LogP contribution in [0.3, 0.4) is 0 Å². The van der Waals surface area contributed by atoms with Crippen LogP contribution in [0, 0.1) is 19.7 Å². The molecule has 2 aromatic carbocycles. The molecule has 0 aliphatic carbocycles. The smallest absolute Gasteiger partial charge is 0.256 e. The van der Waals surface area contributed by atoms with Gasteiger partial charge in [-0.05, 0) is 53.5 Å². The van der Waals surface area contributed by atoms with E-state index >= 15 is 0 Å². The zero-order valence-corrected chi connectivity index (χ0v) is 19.8. The molecule has 0 atom stereocenters. The number of hydrogen-bond donors (Lipinski definition) is 1. The van der Waals surface area contributed by atoms with Crippen LogP contribution in [0.4, 0.5) is 10.2 Å². The number of rotatable bonds is 6. The van der Waals surface area contributed by atoms with Crippen molar-refractivity contribution in [3.63, 3.8) is 0 Å². The molecule has 4 aromatic rings. The molecule has 0 unspecified atom stereocenters. The van der Waals surface area contributed by atoms with E-state index in [1.54, 1.807) is 30.5 Å². The van der Waals surface area contributed by atoms with E-state index in [1.807, 2.05) is 36.7 Å². The average molecular weight is 517 g/mol. The number of carbonyl (C=O) groups is 1. The highest BCUT2D eigenvalue weighted by Crippen LogP contribution is 2.23. The number of hydrogen-bond acceptors (Lipinski definition) is 3. The summed E-state index contributed by atoms with van der Waals surface area (Å²) in [6, 6.07) is 13.7. The lowest BCUT2D eigenvalue weighted by Gasteiger charge is -2.08. The Morgan fingerprint density at radius 3 is 2.62 bits per heavy atom. The molecule has 0 saturated carbocycles. The van der Waals surface area contributed by atoms with E-state index in [1.165, 1.54) is 10.7 Å². The Labute approximate surface area is 198 Å². The molecule has 0 aliphatic heterocycles. The van der Waals surface area contributed by atoms with Crippen molar-refractivity contribution in [3.8, 4) is 0 Å². The lowest BCUT2D eigenvalue weighted by molar-refractivity contribution is 0.102. The van der Waals surface area contributed by atoms with Crippen molar-refractivity contribution in [2.24, 2.45) is 0 Å². The van der Waals surface area contributed by atoms with Crippen molar-refractivity contribution >= 4 is 39.3 Å². The first-order chi connectivity index (χ1) is 15.3. The summed E-state index contributed by atoms with van der Waals surface area (Å²) in [7, 11) is 0. The summed E-state index contributed by atoms with van der Waals surface area (Å²) in [4.78, 5) is 12.8. The van der Waals surface area contributed by atoms with Crippen LogP contribution in [0.15, 0.2) is 59.2 Å². The molecule has 0 saturated heterocycles. The average Bonchev–Trinajstić information content (AvgIpc) is 3.23. The van der Waals surface area contributed by atoms with Crippen molar-refractivity contribution < 1.29 is 9.18 Å². The van der Waals surface area contributed by atoms with Crippen LogP contribution in [0.5, 0.6) is 0 Å². The zero-order valence-electron chi connectivity index (χ0n) is 17.4. The second-order valence-electron chi connectivity index (χ2n) is 7.41. The predicted molar refractivity (Wildman–Crippen MR) is 126 cm³/mol. The number of amides is 1. The van der Waals surface area contributed by atoms with Crippen LogP contribution in [0.1, 0.15) is 32.9 Å². The number of benzene rings is 2. The highest BCUT2D eigenvalue weighted by molar-refractivity contribution is 9.10. The molecule has 1 N–H and O–H groups in total.